The van der Waals surface area contributed by atoms with Crippen molar-refractivity contribution in [3.8, 4) is 5.75 Å². The van der Waals surface area contributed by atoms with Gasteiger partial charge >= 0.3 is 0 Å². The van der Waals surface area contributed by atoms with Crippen LogP contribution in [0.5, 0.6) is 5.75 Å². The van der Waals surface area contributed by atoms with Crippen LogP contribution < -0.4 is 9.64 Å². The number of anilines is 1. The molecule has 1 heterocycles. The van der Waals surface area contributed by atoms with Crippen molar-refractivity contribution in [2.24, 2.45) is 0 Å². The van der Waals surface area contributed by atoms with Gasteiger partial charge in [-0.1, -0.05) is 18.2 Å². The average molecular weight is 419 g/mol. The zero-order valence-corrected chi connectivity index (χ0v) is 17.5. The number of rotatable bonds is 7. The van der Waals surface area contributed by atoms with Crippen LogP contribution in [0.2, 0.25) is 0 Å². The van der Waals surface area contributed by atoms with Gasteiger partial charge in [0, 0.05) is 38.3 Å². The lowest BCUT2D eigenvalue weighted by Gasteiger charge is -2.26. The molecule has 29 heavy (non-hydrogen) atoms. The third-order valence-corrected chi connectivity index (χ3v) is 6.89. The first-order valence-electron chi connectivity index (χ1n) is 9.49. The highest BCUT2D eigenvalue weighted by Gasteiger charge is 2.26. The predicted octanol–water partition coefficient (Wildman–Crippen LogP) is 2.31. The van der Waals surface area contributed by atoms with Crippen molar-refractivity contribution in [2.75, 3.05) is 45.4 Å². The molecule has 0 radical (unpaired) electrons. The van der Waals surface area contributed by atoms with E-state index in [1.54, 1.807) is 43.3 Å². The van der Waals surface area contributed by atoms with Crippen molar-refractivity contribution in [1.29, 1.82) is 0 Å². The molecule has 0 spiro atoms. The molecule has 1 fully saturated rings. The molecule has 2 aromatic carbocycles. The zero-order valence-electron chi connectivity index (χ0n) is 16.7. The van der Waals surface area contributed by atoms with E-state index in [4.69, 9.17) is 9.47 Å². The number of sulfonamides is 1. The van der Waals surface area contributed by atoms with E-state index in [-0.39, 0.29) is 10.8 Å². The molecule has 0 aromatic heterocycles. The van der Waals surface area contributed by atoms with Gasteiger partial charge in [0.25, 0.3) is 0 Å². The summed E-state index contributed by atoms with van der Waals surface area (Å²) in [4.78, 5) is 14.4. The molecule has 1 aliphatic rings. The normalized spacial score (nSPS) is 15.1. The van der Waals surface area contributed by atoms with Gasteiger partial charge in [0.15, 0.2) is 0 Å². The van der Waals surface area contributed by atoms with Gasteiger partial charge in [0.2, 0.25) is 15.9 Å². The molecule has 1 aliphatic heterocycles. The summed E-state index contributed by atoms with van der Waals surface area (Å²) in [7, 11) is -0.181. The molecule has 0 bridgehead atoms. The van der Waals surface area contributed by atoms with E-state index >= 15 is 0 Å². The summed E-state index contributed by atoms with van der Waals surface area (Å²) in [6.45, 7) is 1.57. The SMILES string of the molecule is COc1cccc(N(C)C(=O)CCc2ccc(S(=O)(=O)N3CCOCC3)cc2)c1. The van der Waals surface area contributed by atoms with Crippen LogP contribution in [0.1, 0.15) is 12.0 Å². The fourth-order valence-electron chi connectivity index (χ4n) is 3.15. The van der Waals surface area contributed by atoms with Crippen molar-refractivity contribution >= 4 is 21.6 Å². The Morgan fingerprint density at radius 2 is 1.83 bits per heavy atom. The molecule has 156 valence electrons. The predicted molar refractivity (Wildman–Crippen MR) is 111 cm³/mol. The van der Waals surface area contributed by atoms with Crippen LogP contribution in [-0.4, -0.2) is 59.1 Å². The minimum Gasteiger partial charge on any atom is -0.497 e. The first kappa shape index (κ1) is 21.3. The Balaban J connectivity index is 1.60. The lowest BCUT2D eigenvalue weighted by molar-refractivity contribution is -0.118. The van der Waals surface area contributed by atoms with E-state index < -0.39 is 10.0 Å². The minimum atomic E-state index is -3.50. The second kappa shape index (κ2) is 9.39. The Kier molecular flexibility index (Phi) is 6.89. The third-order valence-electron chi connectivity index (χ3n) is 4.97. The van der Waals surface area contributed by atoms with E-state index in [1.165, 1.54) is 4.31 Å². The Morgan fingerprint density at radius 3 is 2.48 bits per heavy atom. The fourth-order valence-corrected chi connectivity index (χ4v) is 4.55. The summed E-state index contributed by atoms with van der Waals surface area (Å²) in [5.74, 6) is 0.669. The van der Waals surface area contributed by atoms with Crippen LogP contribution >= 0.6 is 0 Å². The maximum Gasteiger partial charge on any atom is 0.243 e. The smallest absolute Gasteiger partial charge is 0.243 e. The van der Waals surface area contributed by atoms with Crippen LogP contribution in [0.4, 0.5) is 5.69 Å². The first-order chi connectivity index (χ1) is 13.9. The van der Waals surface area contributed by atoms with Gasteiger partial charge < -0.3 is 14.4 Å². The quantitative estimate of drug-likeness (QED) is 0.690. The molecule has 0 aliphatic carbocycles. The van der Waals surface area contributed by atoms with Gasteiger partial charge in [-0.25, -0.2) is 8.42 Å². The summed E-state index contributed by atoms with van der Waals surface area (Å²) in [5, 5.41) is 0. The van der Waals surface area contributed by atoms with Crippen LogP contribution in [0.15, 0.2) is 53.4 Å². The van der Waals surface area contributed by atoms with Crippen molar-refractivity contribution in [1.82, 2.24) is 4.31 Å². The Hall–Kier alpha value is -2.42. The molecular weight excluding hydrogens is 392 g/mol. The van der Waals surface area contributed by atoms with E-state index in [1.807, 2.05) is 24.3 Å². The summed E-state index contributed by atoms with van der Waals surface area (Å²) in [6, 6.07) is 14.1. The van der Waals surface area contributed by atoms with E-state index in [0.29, 0.717) is 44.9 Å². The van der Waals surface area contributed by atoms with Crippen LogP contribution in [0, 0.1) is 0 Å². The molecule has 0 unspecified atom stereocenters. The van der Waals surface area contributed by atoms with E-state index in [9.17, 15) is 13.2 Å². The molecule has 0 atom stereocenters. The number of aryl methyl sites for hydroxylation is 1. The van der Waals surface area contributed by atoms with Gasteiger partial charge in [0.05, 0.1) is 25.2 Å². The number of benzene rings is 2. The Bertz CT molecular complexity index is 938. The molecular formula is C21H26N2O5S. The summed E-state index contributed by atoms with van der Waals surface area (Å²) >= 11 is 0. The second-order valence-electron chi connectivity index (χ2n) is 6.81. The summed E-state index contributed by atoms with van der Waals surface area (Å²) in [6.07, 6.45) is 0.855. The topological polar surface area (TPSA) is 76.2 Å². The van der Waals surface area contributed by atoms with Crippen molar-refractivity contribution in [2.45, 2.75) is 17.7 Å². The Labute approximate surface area is 171 Å². The maximum absolute atomic E-state index is 12.7. The largest absolute Gasteiger partial charge is 0.497 e. The lowest BCUT2D eigenvalue weighted by Crippen LogP contribution is -2.40. The first-order valence-corrected chi connectivity index (χ1v) is 10.9. The number of hydrogen-bond donors (Lipinski definition) is 0. The summed E-state index contributed by atoms with van der Waals surface area (Å²) in [5.41, 5.74) is 1.68. The number of carbonyl (C=O) groups is 1. The van der Waals surface area contributed by atoms with E-state index in [0.717, 1.165) is 11.3 Å². The van der Waals surface area contributed by atoms with Gasteiger partial charge in [-0.05, 0) is 36.2 Å². The van der Waals surface area contributed by atoms with Gasteiger partial charge in [-0.3, -0.25) is 4.79 Å². The number of ether oxygens (including phenoxy) is 2. The number of hydrogen-bond acceptors (Lipinski definition) is 5. The summed E-state index contributed by atoms with van der Waals surface area (Å²) < 4.78 is 37.2. The molecule has 2 aromatic rings. The zero-order chi connectivity index (χ0) is 20.9. The highest BCUT2D eigenvalue weighted by molar-refractivity contribution is 7.89. The standard InChI is InChI=1S/C21H26N2O5S/c1-22(18-4-3-5-19(16-18)27-2)21(24)11-8-17-6-9-20(10-7-17)29(25,26)23-12-14-28-15-13-23/h3-7,9-10,16H,8,11-15H2,1-2H3. The maximum atomic E-state index is 12.7. The molecule has 0 saturated carbocycles. The Morgan fingerprint density at radius 1 is 1.14 bits per heavy atom. The molecule has 1 saturated heterocycles. The molecule has 0 N–H and O–H groups in total. The molecule has 7 nitrogen and oxygen atoms in total. The number of morpholine rings is 1. The highest BCUT2D eigenvalue weighted by Crippen LogP contribution is 2.21. The number of carbonyl (C=O) groups excluding carboxylic acids is 1. The van der Waals surface area contributed by atoms with Crippen molar-refractivity contribution < 1.29 is 22.7 Å². The monoisotopic (exact) mass is 418 g/mol. The molecule has 8 heteroatoms. The average Bonchev–Trinajstić information content (AvgIpc) is 2.77. The van der Waals surface area contributed by atoms with Crippen LogP contribution in [0.3, 0.4) is 0 Å². The highest BCUT2D eigenvalue weighted by atomic mass is 32.2. The molecule has 3 rings (SSSR count). The number of methoxy groups -OCH3 is 1. The number of amides is 1. The van der Waals surface area contributed by atoms with Crippen LogP contribution in [0.25, 0.3) is 0 Å². The minimum absolute atomic E-state index is 0.0248. The lowest BCUT2D eigenvalue weighted by atomic mass is 10.1. The van der Waals surface area contributed by atoms with Crippen molar-refractivity contribution in [3.63, 3.8) is 0 Å². The van der Waals surface area contributed by atoms with Crippen molar-refractivity contribution in [3.05, 3.63) is 54.1 Å². The number of nitrogens with zero attached hydrogens (tertiary/aromatic N) is 2. The van der Waals surface area contributed by atoms with Gasteiger partial charge in [-0.15, -0.1) is 0 Å². The van der Waals surface area contributed by atoms with Gasteiger partial charge in [0.1, 0.15) is 5.75 Å². The fraction of sp³-hybridized carbons (Fsp3) is 0.381. The third kappa shape index (κ3) is 5.14. The molecule has 1 amide bonds. The van der Waals surface area contributed by atoms with Gasteiger partial charge in [-0.2, -0.15) is 4.31 Å². The van der Waals surface area contributed by atoms with E-state index in [2.05, 4.69) is 0 Å². The van der Waals surface area contributed by atoms with Crippen LogP contribution in [-0.2, 0) is 26.0 Å². The second-order valence-corrected chi connectivity index (χ2v) is 8.75.